The first kappa shape index (κ1) is 16.5. The van der Waals surface area contributed by atoms with Crippen LogP contribution in [0.25, 0.3) is 11.5 Å². The lowest BCUT2D eigenvalue weighted by molar-refractivity contribution is 0.488. The molecule has 0 aliphatic heterocycles. The molecule has 0 amide bonds. The molecular weight excluding hydrogens is 322 g/mol. The number of benzene rings is 2. The van der Waals surface area contributed by atoms with E-state index in [9.17, 15) is 0 Å². The molecule has 0 saturated carbocycles. The van der Waals surface area contributed by atoms with Gasteiger partial charge in [-0.25, -0.2) is 0 Å². The Kier molecular flexibility index (Phi) is 4.86. The highest BCUT2D eigenvalue weighted by Gasteiger charge is 2.17. The number of rotatable bonds is 5. The second-order valence-corrected chi connectivity index (χ2v) is 6.45. The number of nitrogens with zero attached hydrogens (tertiary/aromatic N) is 3. The molecule has 0 aliphatic rings. The normalized spacial score (nSPS) is 11.0. The van der Waals surface area contributed by atoms with Gasteiger partial charge in [0.15, 0.2) is 0 Å². The van der Waals surface area contributed by atoms with Crippen LogP contribution in [0.15, 0.2) is 52.9 Å². The minimum Gasteiger partial charge on any atom is -0.419 e. The summed E-state index contributed by atoms with van der Waals surface area (Å²) in [6.45, 7) is 6.92. The van der Waals surface area contributed by atoms with E-state index < -0.39 is 0 Å². The van der Waals surface area contributed by atoms with E-state index in [-0.39, 0.29) is 0 Å². The van der Waals surface area contributed by atoms with Crippen molar-refractivity contribution in [2.24, 2.45) is 0 Å². The van der Waals surface area contributed by atoms with Gasteiger partial charge < -0.3 is 9.32 Å². The zero-order valence-electron chi connectivity index (χ0n) is 14.0. The summed E-state index contributed by atoms with van der Waals surface area (Å²) in [5.74, 6) is 1.02. The van der Waals surface area contributed by atoms with Gasteiger partial charge in [0.25, 0.3) is 0 Å². The highest BCUT2D eigenvalue weighted by molar-refractivity contribution is 6.33. The molecule has 124 valence electrons. The maximum absolute atomic E-state index is 6.20. The number of aryl methyl sites for hydroxylation is 1. The quantitative estimate of drug-likeness (QED) is 0.646. The molecule has 0 fully saturated rings. The van der Waals surface area contributed by atoms with Crippen LogP contribution in [0.1, 0.15) is 25.3 Å². The number of aromatic nitrogens is 2. The van der Waals surface area contributed by atoms with E-state index in [1.54, 1.807) is 0 Å². The smallest absolute Gasteiger partial charge is 0.249 e. The Bertz CT molecular complexity index is 811. The van der Waals surface area contributed by atoms with Crippen LogP contribution >= 0.6 is 11.6 Å². The first-order valence-electron chi connectivity index (χ1n) is 7.95. The van der Waals surface area contributed by atoms with Gasteiger partial charge in [0.2, 0.25) is 11.8 Å². The second kappa shape index (κ2) is 7.05. The minimum absolute atomic E-state index is 0.309. The van der Waals surface area contributed by atoms with Crippen LogP contribution in [0.2, 0.25) is 5.02 Å². The molecule has 0 aliphatic carbocycles. The fourth-order valence-corrected chi connectivity index (χ4v) is 2.73. The van der Waals surface area contributed by atoms with Gasteiger partial charge in [0.1, 0.15) is 0 Å². The summed E-state index contributed by atoms with van der Waals surface area (Å²) in [6.07, 6.45) is 0. The van der Waals surface area contributed by atoms with Crippen molar-refractivity contribution in [2.75, 3.05) is 4.90 Å². The first-order valence-corrected chi connectivity index (χ1v) is 8.33. The third kappa shape index (κ3) is 3.60. The van der Waals surface area contributed by atoms with Crippen molar-refractivity contribution >= 4 is 17.3 Å². The molecule has 3 rings (SSSR count). The fraction of sp³-hybridized carbons (Fsp3) is 0.263. The SMILES string of the molecule is Cc1ccc(N(Cc2nnc(-c3ccccc3Cl)o2)C(C)C)cc1. The third-order valence-corrected chi connectivity index (χ3v) is 4.20. The Morgan fingerprint density at radius 3 is 2.42 bits per heavy atom. The van der Waals surface area contributed by atoms with E-state index in [2.05, 4.69) is 60.1 Å². The highest BCUT2D eigenvalue weighted by Crippen LogP contribution is 2.27. The fourth-order valence-electron chi connectivity index (χ4n) is 2.51. The first-order chi connectivity index (χ1) is 11.5. The Balaban J connectivity index is 1.84. The summed E-state index contributed by atoms with van der Waals surface area (Å²) in [5, 5.41) is 8.93. The molecular formula is C19H20ClN3O. The summed E-state index contributed by atoms with van der Waals surface area (Å²) in [7, 11) is 0. The molecule has 1 aromatic heterocycles. The third-order valence-electron chi connectivity index (χ3n) is 3.87. The lowest BCUT2D eigenvalue weighted by Gasteiger charge is -2.27. The van der Waals surface area contributed by atoms with Crippen molar-refractivity contribution in [3.05, 3.63) is 65.0 Å². The van der Waals surface area contributed by atoms with Gasteiger partial charge in [-0.3, -0.25) is 0 Å². The van der Waals surface area contributed by atoms with Crippen molar-refractivity contribution in [2.45, 2.75) is 33.4 Å². The Morgan fingerprint density at radius 1 is 1.04 bits per heavy atom. The Hall–Kier alpha value is -2.33. The molecule has 24 heavy (non-hydrogen) atoms. The van der Waals surface area contributed by atoms with Gasteiger partial charge in [-0.2, -0.15) is 0 Å². The van der Waals surface area contributed by atoms with E-state index >= 15 is 0 Å². The van der Waals surface area contributed by atoms with Crippen molar-refractivity contribution in [3.63, 3.8) is 0 Å². The molecule has 4 nitrogen and oxygen atoms in total. The predicted molar refractivity (Wildman–Crippen MR) is 97.2 cm³/mol. The molecule has 0 bridgehead atoms. The van der Waals surface area contributed by atoms with Gasteiger partial charge in [-0.1, -0.05) is 41.4 Å². The Morgan fingerprint density at radius 2 is 1.75 bits per heavy atom. The predicted octanol–water partition coefficient (Wildman–Crippen LogP) is 5.11. The van der Waals surface area contributed by atoms with Gasteiger partial charge in [0, 0.05) is 11.7 Å². The topological polar surface area (TPSA) is 42.2 Å². The molecule has 0 radical (unpaired) electrons. The van der Waals surface area contributed by atoms with Crippen molar-refractivity contribution < 1.29 is 4.42 Å². The van der Waals surface area contributed by atoms with E-state index in [4.69, 9.17) is 16.0 Å². The summed E-state index contributed by atoms with van der Waals surface area (Å²) in [6, 6.07) is 16.2. The summed E-state index contributed by atoms with van der Waals surface area (Å²) < 4.78 is 5.83. The molecule has 2 aromatic carbocycles. The van der Waals surface area contributed by atoms with Crippen LogP contribution in [0.4, 0.5) is 5.69 Å². The molecule has 3 aromatic rings. The van der Waals surface area contributed by atoms with Crippen molar-refractivity contribution in [3.8, 4) is 11.5 Å². The summed E-state index contributed by atoms with van der Waals surface area (Å²) >= 11 is 6.20. The summed E-state index contributed by atoms with van der Waals surface area (Å²) in [5.41, 5.74) is 3.12. The van der Waals surface area contributed by atoms with Crippen molar-refractivity contribution in [1.29, 1.82) is 0 Å². The molecule has 0 saturated heterocycles. The van der Waals surface area contributed by atoms with Gasteiger partial charge in [-0.15, -0.1) is 10.2 Å². The van der Waals surface area contributed by atoms with Crippen LogP contribution < -0.4 is 4.90 Å². The van der Waals surface area contributed by atoms with Gasteiger partial charge >= 0.3 is 0 Å². The standard InChI is InChI=1S/C19H20ClN3O/c1-13(2)23(15-10-8-14(3)9-11-15)12-18-21-22-19(24-18)16-6-4-5-7-17(16)20/h4-11,13H,12H2,1-3H3. The molecule has 0 spiro atoms. The maximum Gasteiger partial charge on any atom is 0.249 e. The van der Waals surface area contributed by atoms with Crippen LogP contribution in [-0.4, -0.2) is 16.2 Å². The zero-order chi connectivity index (χ0) is 17.1. The average Bonchev–Trinajstić information content (AvgIpc) is 3.02. The molecule has 0 unspecified atom stereocenters. The highest BCUT2D eigenvalue weighted by atomic mass is 35.5. The lowest BCUT2D eigenvalue weighted by Crippen LogP contribution is -2.30. The van der Waals surface area contributed by atoms with Crippen LogP contribution in [0.5, 0.6) is 0 Å². The summed E-state index contributed by atoms with van der Waals surface area (Å²) in [4.78, 5) is 2.23. The van der Waals surface area contributed by atoms with E-state index in [0.29, 0.717) is 29.4 Å². The van der Waals surface area contributed by atoms with Crippen LogP contribution in [0, 0.1) is 6.92 Å². The maximum atomic E-state index is 6.20. The molecule has 0 N–H and O–H groups in total. The number of hydrogen-bond donors (Lipinski definition) is 0. The largest absolute Gasteiger partial charge is 0.419 e. The van der Waals surface area contributed by atoms with Gasteiger partial charge in [-0.05, 0) is 45.0 Å². The monoisotopic (exact) mass is 341 g/mol. The lowest BCUT2D eigenvalue weighted by atomic mass is 10.2. The number of anilines is 1. The van der Waals surface area contributed by atoms with E-state index in [0.717, 1.165) is 11.3 Å². The minimum atomic E-state index is 0.309. The number of hydrogen-bond acceptors (Lipinski definition) is 4. The molecule has 0 atom stereocenters. The Labute approximate surface area is 147 Å². The molecule has 5 heteroatoms. The average molecular weight is 342 g/mol. The zero-order valence-corrected chi connectivity index (χ0v) is 14.8. The second-order valence-electron chi connectivity index (χ2n) is 6.04. The van der Waals surface area contributed by atoms with Crippen LogP contribution in [0.3, 0.4) is 0 Å². The number of halogens is 1. The van der Waals surface area contributed by atoms with Crippen LogP contribution in [-0.2, 0) is 6.54 Å². The van der Waals surface area contributed by atoms with Crippen molar-refractivity contribution in [1.82, 2.24) is 10.2 Å². The van der Waals surface area contributed by atoms with E-state index in [1.165, 1.54) is 5.56 Å². The van der Waals surface area contributed by atoms with Gasteiger partial charge in [0.05, 0.1) is 17.1 Å². The van der Waals surface area contributed by atoms with E-state index in [1.807, 2.05) is 24.3 Å². The molecule has 1 heterocycles.